The van der Waals surface area contributed by atoms with Crippen LogP contribution in [0.15, 0.2) is 11.1 Å². The molecule has 0 aliphatic carbocycles. The van der Waals surface area contributed by atoms with Gasteiger partial charge in [0.25, 0.3) is 0 Å². The predicted molar refractivity (Wildman–Crippen MR) is 28.7 cm³/mol. The van der Waals surface area contributed by atoms with E-state index in [1.807, 2.05) is 0 Å². The van der Waals surface area contributed by atoms with Crippen LogP contribution in [0.3, 0.4) is 0 Å². The Bertz CT molecular complexity index is 67.9. The number of carbonyl (C=O) groups is 1. The molecule has 6 heavy (non-hydrogen) atoms. The van der Waals surface area contributed by atoms with Gasteiger partial charge < -0.3 is 4.79 Å². The van der Waals surface area contributed by atoms with Gasteiger partial charge in [0.1, 0.15) is 6.29 Å². The summed E-state index contributed by atoms with van der Waals surface area (Å²) in [7, 11) is 0. The normalized spacial score (nSPS) is 7.50. The fourth-order valence-electron chi connectivity index (χ4n) is 0.0904. The van der Waals surface area contributed by atoms with E-state index >= 15 is 0 Å². The highest BCUT2D eigenvalue weighted by atomic mass is 79.9. The first-order chi connectivity index (χ1) is 2.77. The third kappa shape index (κ3) is 3.89. The van der Waals surface area contributed by atoms with Crippen molar-refractivity contribution in [2.24, 2.45) is 0 Å². The fourth-order valence-corrected chi connectivity index (χ4v) is 0.223. The smallest absolute Gasteiger partial charge is 0.124 e. The van der Waals surface area contributed by atoms with E-state index in [9.17, 15) is 4.79 Å². The van der Waals surface area contributed by atoms with Crippen molar-refractivity contribution in [3.8, 4) is 0 Å². The van der Waals surface area contributed by atoms with E-state index in [0.717, 1.165) is 10.8 Å². The van der Waals surface area contributed by atoms with Crippen molar-refractivity contribution in [3.05, 3.63) is 11.1 Å². The van der Waals surface area contributed by atoms with Crippen molar-refractivity contribution < 1.29 is 4.79 Å². The van der Waals surface area contributed by atoms with Crippen LogP contribution in [0.25, 0.3) is 0 Å². The van der Waals surface area contributed by atoms with E-state index in [0.29, 0.717) is 6.42 Å². The van der Waals surface area contributed by atoms with E-state index < -0.39 is 0 Å². The van der Waals surface area contributed by atoms with Crippen LogP contribution in [0.5, 0.6) is 0 Å². The van der Waals surface area contributed by atoms with Gasteiger partial charge in [-0.15, -0.1) is 0 Å². The monoisotopic (exact) mass is 148 g/mol. The predicted octanol–water partition coefficient (Wildman–Crippen LogP) is 1.48. The third-order valence-corrected chi connectivity index (χ3v) is 0.629. The number of hydrogen-bond donors (Lipinski definition) is 0. The first kappa shape index (κ1) is 5.89. The number of allylic oxidation sites excluding steroid dienone is 1. The average Bonchev–Trinajstić information content (AvgIpc) is 1.35. The third-order valence-electron chi connectivity index (χ3n) is 0.305. The Balaban J connectivity index is 3.05. The summed E-state index contributed by atoms with van der Waals surface area (Å²) in [6.07, 6.45) is 1.22. The molecule has 0 aromatic heterocycles. The van der Waals surface area contributed by atoms with Gasteiger partial charge in [0, 0.05) is 6.42 Å². The highest BCUT2D eigenvalue weighted by molar-refractivity contribution is 9.11. The van der Waals surface area contributed by atoms with Gasteiger partial charge in [-0.2, -0.15) is 0 Å². The molecule has 0 aliphatic rings. The standard InChI is InChI=1S/C4H5BrO/c1-4(5)2-3-6/h3H,1-2H2. The summed E-state index contributed by atoms with van der Waals surface area (Å²) in [6.45, 7) is 3.43. The van der Waals surface area contributed by atoms with Crippen LogP contribution in [0.1, 0.15) is 6.42 Å². The van der Waals surface area contributed by atoms with Gasteiger partial charge in [-0.1, -0.05) is 22.5 Å². The van der Waals surface area contributed by atoms with Crippen LogP contribution in [0.4, 0.5) is 0 Å². The minimum absolute atomic E-state index is 0.417. The molecular formula is C4H5BrO. The highest BCUT2D eigenvalue weighted by Crippen LogP contribution is 2.01. The number of aldehydes is 1. The van der Waals surface area contributed by atoms with E-state index in [1.54, 1.807) is 0 Å². The molecule has 0 saturated heterocycles. The quantitative estimate of drug-likeness (QED) is 0.543. The van der Waals surface area contributed by atoms with Crippen LogP contribution < -0.4 is 0 Å². The Morgan fingerprint density at radius 1 is 2.00 bits per heavy atom. The first-order valence-corrected chi connectivity index (χ1v) is 2.33. The number of halogens is 1. The molecule has 0 aromatic rings. The summed E-state index contributed by atoms with van der Waals surface area (Å²) >= 11 is 3.01. The Morgan fingerprint density at radius 3 is 2.50 bits per heavy atom. The molecule has 0 aliphatic heterocycles. The van der Waals surface area contributed by atoms with Crippen LogP contribution in [-0.4, -0.2) is 6.29 Å². The van der Waals surface area contributed by atoms with Gasteiger partial charge in [0.2, 0.25) is 0 Å². The van der Waals surface area contributed by atoms with Gasteiger partial charge in [-0.3, -0.25) is 0 Å². The minimum atomic E-state index is 0.417. The Kier molecular flexibility index (Phi) is 3.04. The topological polar surface area (TPSA) is 17.1 Å². The second kappa shape index (κ2) is 3.09. The molecular weight excluding hydrogens is 144 g/mol. The van der Waals surface area contributed by atoms with Crippen LogP contribution in [0, 0.1) is 0 Å². The molecule has 2 heteroatoms. The van der Waals surface area contributed by atoms with E-state index in [-0.39, 0.29) is 0 Å². The van der Waals surface area contributed by atoms with Crippen molar-refractivity contribution >= 4 is 22.2 Å². The van der Waals surface area contributed by atoms with Crippen molar-refractivity contribution in [2.75, 3.05) is 0 Å². The molecule has 0 rings (SSSR count). The molecule has 0 heterocycles. The molecule has 0 amide bonds. The maximum Gasteiger partial charge on any atom is 0.124 e. The molecule has 0 saturated carbocycles. The molecule has 0 aromatic carbocycles. The summed E-state index contributed by atoms with van der Waals surface area (Å²) in [5.41, 5.74) is 0. The lowest BCUT2D eigenvalue weighted by Gasteiger charge is -1.76. The maximum atomic E-state index is 9.52. The Hall–Kier alpha value is -0.110. The summed E-state index contributed by atoms with van der Waals surface area (Å²) < 4.78 is 0.734. The maximum absolute atomic E-state index is 9.52. The molecule has 0 atom stereocenters. The van der Waals surface area contributed by atoms with Gasteiger partial charge in [0.15, 0.2) is 0 Å². The van der Waals surface area contributed by atoms with E-state index in [1.165, 1.54) is 0 Å². The molecule has 34 valence electrons. The van der Waals surface area contributed by atoms with Crippen molar-refractivity contribution in [2.45, 2.75) is 6.42 Å². The first-order valence-electron chi connectivity index (χ1n) is 1.54. The lowest BCUT2D eigenvalue weighted by atomic mass is 10.5. The van der Waals surface area contributed by atoms with Gasteiger partial charge >= 0.3 is 0 Å². The highest BCUT2D eigenvalue weighted by Gasteiger charge is 1.78. The fraction of sp³-hybridized carbons (Fsp3) is 0.250. The van der Waals surface area contributed by atoms with Gasteiger partial charge in [-0.05, 0) is 4.48 Å². The summed E-state index contributed by atoms with van der Waals surface area (Å²) in [6, 6.07) is 0. The largest absolute Gasteiger partial charge is 0.303 e. The van der Waals surface area contributed by atoms with E-state index in [4.69, 9.17) is 0 Å². The van der Waals surface area contributed by atoms with Crippen molar-refractivity contribution in [1.29, 1.82) is 0 Å². The SMILES string of the molecule is C=C(Br)CC=O. The lowest BCUT2D eigenvalue weighted by molar-refractivity contribution is -0.107. The zero-order chi connectivity index (χ0) is 4.99. The van der Waals surface area contributed by atoms with Crippen LogP contribution in [0.2, 0.25) is 0 Å². The molecule has 0 N–H and O–H groups in total. The second-order valence-corrected chi connectivity index (χ2v) is 2.01. The summed E-state index contributed by atoms with van der Waals surface area (Å²) in [5.74, 6) is 0. The molecule has 0 spiro atoms. The van der Waals surface area contributed by atoms with E-state index in [2.05, 4.69) is 22.5 Å². The minimum Gasteiger partial charge on any atom is -0.303 e. The van der Waals surface area contributed by atoms with Gasteiger partial charge in [0.05, 0.1) is 0 Å². The lowest BCUT2D eigenvalue weighted by Crippen LogP contribution is -1.67. The Labute approximate surface area is 45.2 Å². The zero-order valence-corrected chi connectivity index (χ0v) is 4.86. The Morgan fingerprint density at radius 2 is 2.50 bits per heavy atom. The van der Waals surface area contributed by atoms with Crippen LogP contribution >= 0.6 is 15.9 Å². The molecule has 0 radical (unpaired) electrons. The average molecular weight is 149 g/mol. The van der Waals surface area contributed by atoms with Gasteiger partial charge in [-0.25, -0.2) is 0 Å². The number of carbonyl (C=O) groups excluding carboxylic acids is 1. The summed E-state index contributed by atoms with van der Waals surface area (Å²) in [5, 5.41) is 0. The molecule has 0 unspecified atom stereocenters. The second-order valence-electron chi connectivity index (χ2n) is 0.888. The molecule has 0 fully saturated rings. The zero-order valence-electron chi connectivity index (χ0n) is 3.28. The molecule has 0 bridgehead atoms. The van der Waals surface area contributed by atoms with Crippen molar-refractivity contribution in [1.82, 2.24) is 0 Å². The van der Waals surface area contributed by atoms with Crippen LogP contribution in [-0.2, 0) is 4.79 Å². The van der Waals surface area contributed by atoms with Crippen molar-refractivity contribution in [3.63, 3.8) is 0 Å². The summed E-state index contributed by atoms with van der Waals surface area (Å²) in [4.78, 5) is 9.52. The molecule has 1 nitrogen and oxygen atoms in total. The number of rotatable bonds is 2. The number of hydrogen-bond acceptors (Lipinski definition) is 1.